The molecule has 118 valence electrons. The molecule has 0 aliphatic rings. The largest absolute Gasteiger partial charge is 0.476 e. The second-order valence-electron chi connectivity index (χ2n) is 4.96. The first-order valence-corrected chi connectivity index (χ1v) is 6.56. The molecule has 0 radical (unpaired) electrons. The summed E-state index contributed by atoms with van der Waals surface area (Å²) in [6.45, 7) is 0.370. The molecule has 0 fully saturated rings. The van der Waals surface area contributed by atoms with Crippen molar-refractivity contribution in [2.45, 2.75) is 19.2 Å². The summed E-state index contributed by atoms with van der Waals surface area (Å²) in [7, 11) is 3.18. The maximum Gasteiger partial charge on any atom is 0.358 e. The first kappa shape index (κ1) is 15.7. The normalized spacial score (nSPS) is 11.1. The van der Waals surface area contributed by atoms with Crippen molar-refractivity contribution in [2.24, 2.45) is 14.1 Å². The summed E-state index contributed by atoms with van der Waals surface area (Å²) < 4.78 is 6.03. The van der Waals surface area contributed by atoms with Gasteiger partial charge in [-0.2, -0.15) is 0 Å². The van der Waals surface area contributed by atoms with Crippen LogP contribution in [0.5, 0.6) is 0 Å². The number of aromatic carboxylic acids is 2. The number of carboxylic acids is 2. The van der Waals surface area contributed by atoms with Gasteiger partial charge in [0.05, 0.1) is 14.1 Å². The average Bonchev–Trinajstić information content (AvgIpc) is 2.95. The molecule has 0 aliphatic carbocycles. The summed E-state index contributed by atoms with van der Waals surface area (Å²) >= 11 is 0. The number of rotatable bonds is 6. The molecule has 0 spiro atoms. The summed E-state index contributed by atoms with van der Waals surface area (Å²) in [4.78, 5) is 21.9. The lowest BCUT2D eigenvalue weighted by Gasteiger charge is -2.05. The Balaban J connectivity index is 2.09. The lowest BCUT2D eigenvalue weighted by Crippen LogP contribution is -2.53. The molecule has 0 saturated carbocycles. The Hall–Kier alpha value is -2.68. The molecule has 0 aliphatic heterocycles. The second kappa shape index (κ2) is 5.98. The Morgan fingerprint density at radius 1 is 1.00 bits per heavy atom. The van der Waals surface area contributed by atoms with E-state index in [1.165, 1.54) is 21.5 Å². The Morgan fingerprint density at radius 3 is 1.64 bits per heavy atom. The van der Waals surface area contributed by atoms with Crippen LogP contribution in [0.3, 0.4) is 0 Å². The molecule has 3 N–H and O–H groups in total. The SMILES string of the molecule is Cn1c(C(=O)O)cc[n+]1CC(O)C[n+]1ccc(C(=O)O)n1C. The molecule has 0 aromatic carbocycles. The predicted molar refractivity (Wildman–Crippen MR) is 71.1 cm³/mol. The van der Waals surface area contributed by atoms with Gasteiger partial charge in [-0.05, 0) is 0 Å². The minimum Gasteiger partial charge on any atom is -0.476 e. The molecular formula is C13H18N4O5+2. The van der Waals surface area contributed by atoms with E-state index in [2.05, 4.69) is 0 Å². The standard InChI is InChI=1S/C13H16N4O5/c1-14-10(12(19)20)3-5-16(14)7-9(18)8-17-6-4-11(13(21)22)15(17)2/h3-6,9,18H,7-8H2,1-2H3/p+2. The van der Waals surface area contributed by atoms with Gasteiger partial charge >= 0.3 is 11.9 Å². The zero-order valence-electron chi connectivity index (χ0n) is 12.2. The Bertz CT molecular complexity index is 658. The molecule has 0 atom stereocenters. The van der Waals surface area contributed by atoms with Crippen LogP contribution in [0.25, 0.3) is 0 Å². The zero-order chi connectivity index (χ0) is 16.4. The van der Waals surface area contributed by atoms with Crippen molar-refractivity contribution < 1.29 is 34.3 Å². The van der Waals surface area contributed by atoms with E-state index in [0.29, 0.717) is 0 Å². The quantitative estimate of drug-likeness (QED) is 0.556. The van der Waals surface area contributed by atoms with Crippen molar-refractivity contribution in [3.63, 3.8) is 0 Å². The molecule has 0 amide bonds. The number of carboxylic acid groups (broad SMARTS) is 2. The van der Waals surface area contributed by atoms with Gasteiger partial charge in [-0.15, -0.1) is 18.7 Å². The smallest absolute Gasteiger partial charge is 0.358 e. The molecule has 2 rings (SSSR count). The monoisotopic (exact) mass is 310 g/mol. The van der Waals surface area contributed by atoms with Gasteiger partial charge in [-0.3, -0.25) is 0 Å². The van der Waals surface area contributed by atoms with Gasteiger partial charge in [0, 0.05) is 12.1 Å². The third-order valence-electron chi connectivity index (χ3n) is 3.51. The predicted octanol–water partition coefficient (Wildman–Crippen LogP) is -1.60. The van der Waals surface area contributed by atoms with E-state index in [0.717, 1.165) is 0 Å². The minimum absolute atomic E-state index is 0.117. The summed E-state index contributed by atoms with van der Waals surface area (Å²) in [6.07, 6.45) is 2.34. The topological polar surface area (TPSA) is 112 Å². The third-order valence-corrected chi connectivity index (χ3v) is 3.51. The van der Waals surface area contributed by atoms with Crippen molar-refractivity contribution in [3.8, 4) is 0 Å². The van der Waals surface area contributed by atoms with Gasteiger partial charge < -0.3 is 15.3 Å². The molecular weight excluding hydrogens is 292 g/mol. The number of hydrogen-bond acceptors (Lipinski definition) is 3. The maximum atomic E-state index is 11.0. The van der Waals surface area contributed by atoms with Gasteiger partial charge in [0.1, 0.15) is 0 Å². The number of nitrogens with zero attached hydrogens (tertiary/aromatic N) is 4. The summed E-state index contributed by atoms with van der Waals surface area (Å²) in [5.74, 6) is -2.09. The molecule has 9 nitrogen and oxygen atoms in total. The summed E-state index contributed by atoms with van der Waals surface area (Å²) in [6, 6.07) is 2.90. The Kier molecular flexibility index (Phi) is 4.27. The van der Waals surface area contributed by atoms with Crippen LogP contribution in [0.4, 0.5) is 0 Å². The van der Waals surface area contributed by atoms with Crippen molar-refractivity contribution >= 4 is 11.9 Å². The van der Waals surface area contributed by atoms with Gasteiger partial charge in [0.15, 0.2) is 29.9 Å². The number of aromatic nitrogens is 4. The van der Waals surface area contributed by atoms with Crippen molar-refractivity contribution in [1.82, 2.24) is 9.36 Å². The van der Waals surface area contributed by atoms with Gasteiger partial charge in [0.2, 0.25) is 13.1 Å². The third kappa shape index (κ3) is 2.98. The van der Waals surface area contributed by atoms with Gasteiger partial charge in [0.25, 0.3) is 0 Å². The highest BCUT2D eigenvalue weighted by atomic mass is 16.4. The summed E-state index contributed by atoms with van der Waals surface area (Å²) in [5.41, 5.74) is 0.235. The molecule has 0 saturated heterocycles. The van der Waals surface area contributed by atoms with Crippen LogP contribution in [0.2, 0.25) is 0 Å². The lowest BCUT2D eigenvalue weighted by molar-refractivity contribution is -0.808. The van der Waals surface area contributed by atoms with Crippen LogP contribution in [0.15, 0.2) is 24.5 Å². The van der Waals surface area contributed by atoms with Crippen LogP contribution in [0.1, 0.15) is 21.0 Å². The molecule has 2 aromatic heterocycles. The van der Waals surface area contributed by atoms with E-state index >= 15 is 0 Å². The van der Waals surface area contributed by atoms with Crippen molar-refractivity contribution in [1.29, 1.82) is 0 Å². The molecule has 9 heteroatoms. The van der Waals surface area contributed by atoms with Gasteiger partial charge in [-0.1, -0.05) is 0 Å². The Labute approximate surface area is 125 Å². The van der Waals surface area contributed by atoms with Crippen molar-refractivity contribution in [2.75, 3.05) is 0 Å². The second-order valence-corrected chi connectivity index (χ2v) is 4.96. The van der Waals surface area contributed by atoms with E-state index in [1.807, 2.05) is 0 Å². The van der Waals surface area contributed by atoms with E-state index < -0.39 is 18.0 Å². The fourth-order valence-corrected chi connectivity index (χ4v) is 2.28. The summed E-state index contributed by atoms with van der Waals surface area (Å²) in [5, 5.41) is 28.1. The van der Waals surface area contributed by atoms with Crippen LogP contribution >= 0.6 is 0 Å². The van der Waals surface area contributed by atoms with E-state index in [9.17, 15) is 14.7 Å². The molecule has 2 aromatic rings. The number of aliphatic hydroxyl groups is 1. The highest BCUT2D eigenvalue weighted by molar-refractivity contribution is 5.85. The number of carbonyl (C=O) groups is 2. The molecule has 22 heavy (non-hydrogen) atoms. The Morgan fingerprint density at radius 2 is 1.36 bits per heavy atom. The van der Waals surface area contributed by atoms with Crippen LogP contribution < -0.4 is 9.36 Å². The first-order valence-electron chi connectivity index (χ1n) is 6.56. The molecule has 2 heterocycles. The van der Waals surface area contributed by atoms with E-state index in [4.69, 9.17) is 10.2 Å². The fraction of sp³-hybridized carbons (Fsp3) is 0.385. The highest BCUT2D eigenvalue weighted by Gasteiger charge is 2.25. The zero-order valence-corrected chi connectivity index (χ0v) is 12.2. The number of hydrogen-bond donors (Lipinski definition) is 3. The maximum absolute atomic E-state index is 11.0. The van der Waals surface area contributed by atoms with Gasteiger partial charge in [-0.25, -0.2) is 9.59 Å². The highest BCUT2D eigenvalue weighted by Crippen LogP contribution is 1.97. The van der Waals surface area contributed by atoms with Crippen molar-refractivity contribution in [3.05, 3.63) is 35.9 Å². The van der Waals surface area contributed by atoms with Crippen LogP contribution in [-0.2, 0) is 27.2 Å². The van der Waals surface area contributed by atoms with Crippen LogP contribution in [-0.4, -0.2) is 42.7 Å². The molecule has 0 bridgehead atoms. The first-order chi connectivity index (χ1) is 10.3. The average molecular weight is 310 g/mol. The molecule has 0 unspecified atom stereocenters. The van der Waals surface area contributed by atoms with Crippen LogP contribution in [0, 0.1) is 0 Å². The van der Waals surface area contributed by atoms with E-state index in [1.54, 1.807) is 35.9 Å². The fourth-order valence-electron chi connectivity index (χ4n) is 2.28. The minimum atomic E-state index is -1.04. The van der Waals surface area contributed by atoms with E-state index in [-0.39, 0.29) is 24.5 Å². The number of aliphatic hydroxyl groups excluding tert-OH is 1. The lowest BCUT2D eigenvalue weighted by atomic mass is 10.3.